The summed E-state index contributed by atoms with van der Waals surface area (Å²) in [7, 11) is -4.04. The van der Waals surface area contributed by atoms with Crippen molar-refractivity contribution >= 4 is 10.1 Å². The largest absolute Gasteiger partial charge is 1.00 e. The molecule has 0 aliphatic carbocycles. The topological polar surface area (TPSA) is 77.4 Å². The molecule has 1 N–H and O–H groups in total. The molecule has 0 radical (unpaired) electrons. The molecule has 1 atom stereocenters. The van der Waals surface area contributed by atoms with E-state index < -0.39 is 10.1 Å². The third kappa shape index (κ3) is 21.5. The van der Waals surface area contributed by atoms with Crippen LogP contribution in [0.5, 0.6) is 0 Å². The molecule has 0 saturated carbocycles. The molecule has 6 heteroatoms. The van der Waals surface area contributed by atoms with Crippen LogP contribution < -0.4 is 51.4 Å². The van der Waals surface area contributed by atoms with Gasteiger partial charge in [0.15, 0.2) is 0 Å². The van der Waals surface area contributed by atoms with Crippen LogP contribution in [-0.2, 0) is 10.1 Å². The Balaban J connectivity index is 0. The molecule has 22 heavy (non-hydrogen) atoms. The van der Waals surface area contributed by atoms with Crippen molar-refractivity contribution in [1.82, 2.24) is 0 Å². The van der Waals surface area contributed by atoms with Crippen molar-refractivity contribution in [2.45, 2.75) is 96.5 Å². The molecule has 0 bridgehead atoms. The van der Waals surface area contributed by atoms with Gasteiger partial charge in [-0.05, 0) is 19.3 Å². The minimum atomic E-state index is -4.04. The Kier molecular flexibility index (Phi) is 20.3. The molecule has 4 nitrogen and oxygen atoms in total. The maximum atomic E-state index is 10.4. The Morgan fingerprint density at radius 3 is 1.68 bits per heavy atom. The van der Waals surface area contributed by atoms with Gasteiger partial charge in [-0.15, -0.1) is 0 Å². The summed E-state index contributed by atoms with van der Waals surface area (Å²) in [4.78, 5) is 0. The van der Waals surface area contributed by atoms with E-state index in [4.69, 9.17) is 0 Å². The normalized spacial score (nSPS) is 12.9. The van der Waals surface area contributed by atoms with Gasteiger partial charge >= 0.3 is 51.4 Å². The van der Waals surface area contributed by atoms with Crippen LogP contribution in [0.15, 0.2) is 0 Å². The van der Waals surface area contributed by atoms with Crippen LogP contribution in [0.1, 0.15) is 90.4 Å². The number of aliphatic hydroxyl groups excluding tert-OH is 1. The number of hydrogen-bond donors (Lipinski definition) is 1. The molecule has 0 aliphatic heterocycles. The van der Waals surface area contributed by atoms with Crippen molar-refractivity contribution in [2.75, 3.05) is 5.75 Å². The van der Waals surface area contributed by atoms with E-state index in [1.807, 2.05) is 0 Å². The van der Waals surface area contributed by atoms with E-state index in [2.05, 4.69) is 6.92 Å². The molecule has 128 valence electrons. The fourth-order valence-corrected chi connectivity index (χ4v) is 3.05. The van der Waals surface area contributed by atoms with E-state index in [0.29, 0.717) is 6.42 Å². The maximum Gasteiger partial charge on any atom is 1.00 e. The molecule has 0 amide bonds. The second kappa shape index (κ2) is 17.3. The fourth-order valence-electron chi connectivity index (χ4n) is 2.49. The van der Waals surface area contributed by atoms with Gasteiger partial charge in [-0.25, -0.2) is 8.42 Å². The summed E-state index contributed by atoms with van der Waals surface area (Å²) in [6.45, 7) is 2.21. The second-order valence-corrected chi connectivity index (χ2v) is 7.55. The Morgan fingerprint density at radius 1 is 0.818 bits per heavy atom. The van der Waals surface area contributed by atoms with Crippen molar-refractivity contribution in [3.05, 3.63) is 0 Å². The van der Waals surface area contributed by atoms with Gasteiger partial charge in [-0.1, -0.05) is 71.1 Å². The van der Waals surface area contributed by atoms with Gasteiger partial charge in [0.05, 0.1) is 16.2 Å². The van der Waals surface area contributed by atoms with Crippen LogP contribution in [0.2, 0.25) is 0 Å². The molecule has 0 heterocycles. The minimum absolute atomic E-state index is 0. The zero-order valence-electron chi connectivity index (χ0n) is 14.6. The Morgan fingerprint density at radius 2 is 1.23 bits per heavy atom. The summed E-state index contributed by atoms with van der Waals surface area (Å²) >= 11 is 0. The van der Waals surface area contributed by atoms with E-state index in [-0.39, 0.29) is 63.2 Å². The Hall–Kier alpha value is 1.51. The predicted octanol–water partition coefficient (Wildman–Crippen LogP) is 0.988. The van der Waals surface area contributed by atoms with Crippen LogP contribution in [0.4, 0.5) is 0 Å². The summed E-state index contributed by atoms with van der Waals surface area (Å²) < 4.78 is 31.2. The fraction of sp³-hybridized carbons (Fsp3) is 1.00. The molecule has 0 aromatic heterocycles. The van der Waals surface area contributed by atoms with Crippen molar-refractivity contribution in [3.63, 3.8) is 0 Å². The van der Waals surface area contributed by atoms with Crippen LogP contribution >= 0.6 is 0 Å². The van der Waals surface area contributed by atoms with Crippen LogP contribution in [-0.4, -0.2) is 29.9 Å². The molecule has 1 unspecified atom stereocenters. The number of aliphatic hydroxyl groups is 1. The van der Waals surface area contributed by atoms with Gasteiger partial charge in [0.2, 0.25) is 0 Å². The second-order valence-electron chi connectivity index (χ2n) is 6.03. The molecule has 0 fully saturated rings. The first kappa shape index (κ1) is 25.7. The standard InChI is InChI=1S/C16H34O4S.K/c1-2-3-4-5-7-10-13-16(17)14-11-8-6-9-12-15-21(18,19)20;/h16-17H,2-15H2,1H3,(H,18,19,20);/q;+1/p-1. The van der Waals surface area contributed by atoms with Gasteiger partial charge < -0.3 is 9.66 Å². The van der Waals surface area contributed by atoms with E-state index in [0.717, 1.165) is 44.9 Å². The molecule has 0 rings (SSSR count). The van der Waals surface area contributed by atoms with Gasteiger partial charge in [0.1, 0.15) is 0 Å². The van der Waals surface area contributed by atoms with Gasteiger partial charge in [-0.2, -0.15) is 0 Å². The predicted molar refractivity (Wildman–Crippen MR) is 86.3 cm³/mol. The first-order valence-corrected chi connectivity index (χ1v) is 10.1. The van der Waals surface area contributed by atoms with Crippen LogP contribution in [0.3, 0.4) is 0 Å². The summed E-state index contributed by atoms with van der Waals surface area (Å²) in [6, 6.07) is 0. The van der Waals surface area contributed by atoms with Gasteiger partial charge in [0, 0.05) is 5.75 Å². The van der Waals surface area contributed by atoms with Crippen LogP contribution in [0.25, 0.3) is 0 Å². The number of unbranched alkanes of at least 4 members (excludes halogenated alkanes) is 9. The average molecular weight is 361 g/mol. The van der Waals surface area contributed by atoms with E-state index >= 15 is 0 Å². The smallest absolute Gasteiger partial charge is 0.748 e. The van der Waals surface area contributed by atoms with E-state index in [1.54, 1.807) is 0 Å². The Labute approximate surface area is 180 Å². The molecular weight excluding hydrogens is 327 g/mol. The van der Waals surface area contributed by atoms with E-state index in [1.165, 1.54) is 32.1 Å². The zero-order chi connectivity index (χ0) is 16.0. The molecule has 0 aliphatic rings. The summed E-state index contributed by atoms with van der Waals surface area (Å²) in [5.41, 5.74) is 0. The maximum absolute atomic E-state index is 10.4. The molecule has 0 aromatic carbocycles. The first-order valence-electron chi connectivity index (χ1n) is 8.57. The molecule has 0 spiro atoms. The van der Waals surface area contributed by atoms with Crippen molar-refractivity contribution in [2.24, 2.45) is 0 Å². The monoisotopic (exact) mass is 360 g/mol. The van der Waals surface area contributed by atoms with Crippen molar-refractivity contribution in [3.8, 4) is 0 Å². The van der Waals surface area contributed by atoms with Crippen molar-refractivity contribution < 1.29 is 69.5 Å². The number of rotatable bonds is 15. The summed E-state index contributed by atoms with van der Waals surface area (Å²) in [5.74, 6) is -0.242. The number of hydrogen-bond acceptors (Lipinski definition) is 4. The average Bonchev–Trinajstić information content (AvgIpc) is 2.40. The molecule has 0 saturated heterocycles. The third-order valence-electron chi connectivity index (χ3n) is 3.82. The minimum Gasteiger partial charge on any atom is -0.748 e. The summed E-state index contributed by atoms with van der Waals surface area (Å²) in [5, 5.41) is 9.84. The zero-order valence-corrected chi connectivity index (χ0v) is 18.5. The van der Waals surface area contributed by atoms with Crippen LogP contribution in [0, 0.1) is 0 Å². The molecule has 0 aromatic rings. The third-order valence-corrected chi connectivity index (χ3v) is 4.61. The summed E-state index contributed by atoms with van der Waals surface area (Å²) in [6.07, 6.45) is 13.3. The first-order chi connectivity index (χ1) is 9.95. The van der Waals surface area contributed by atoms with Crippen molar-refractivity contribution in [1.29, 1.82) is 0 Å². The Bertz CT molecular complexity index is 320. The van der Waals surface area contributed by atoms with E-state index in [9.17, 15) is 18.1 Å². The SMILES string of the molecule is CCCCCCCCC(O)CCCCCCCS(=O)(=O)[O-].[K+]. The van der Waals surface area contributed by atoms with Gasteiger partial charge in [-0.3, -0.25) is 0 Å². The molecular formula is C16H33KO4S. The van der Waals surface area contributed by atoms with Gasteiger partial charge in [0.25, 0.3) is 0 Å². The quantitative estimate of drug-likeness (QED) is 0.268.